The standard InChI is InChI=1S/C19H23ClN2O/c1-3-4-9-16-18(14-7-5-6-8-15(14)20)17(19(21)23)12(2)22(16)13-10-11-13/h5-8,13H,3-4,9-11H2,1-2H3,(H2,21,23). The molecule has 1 aliphatic carbocycles. The van der Waals surface area contributed by atoms with Gasteiger partial charge in [-0.3, -0.25) is 4.79 Å². The van der Waals surface area contributed by atoms with Gasteiger partial charge in [0.1, 0.15) is 0 Å². The minimum Gasteiger partial charge on any atom is -0.366 e. The van der Waals surface area contributed by atoms with E-state index in [1.807, 2.05) is 31.2 Å². The van der Waals surface area contributed by atoms with Crippen LogP contribution in [0.3, 0.4) is 0 Å². The number of hydrogen-bond donors (Lipinski definition) is 1. The van der Waals surface area contributed by atoms with Crippen molar-refractivity contribution < 1.29 is 4.79 Å². The van der Waals surface area contributed by atoms with E-state index >= 15 is 0 Å². The lowest BCUT2D eigenvalue weighted by Gasteiger charge is -2.12. The number of rotatable bonds is 6. The summed E-state index contributed by atoms with van der Waals surface area (Å²) in [5, 5.41) is 0.667. The summed E-state index contributed by atoms with van der Waals surface area (Å²) in [6.45, 7) is 4.19. The third-order valence-corrected chi connectivity index (χ3v) is 4.95. The number of hydrogen-bond acceptors (Lipinski definition) is 1. The molecule has 0 unspecified atom stereocenters. The molecule has 23 heavy (non-hydrogen) atoms. The lowest BCUT2D eigenvalue weighted by molar-refractivity contribution is 0.1000. The second kappa shape index (κ2) is 6.40. The Bertz CT molecular complexity index is 744. The first-order valence-electron chi connectivity index (χ1n) is 8.34. The van der Waals surface area contributed by atoms with E-state index < -0.39 is 0 Å². The highest BCUT2D eigenvalue weighted by Crippen LogP contribution is 2.44. The molecule has 1 heterocycles. The molecule has 1 aliphatic rings. The number of amides is 1. The number of halogens is 1. The normalized spacial score (nSPS) is 14.2. The molecule has 0 atom stereocenters. The molecule has 1 saturated carbocycles. The molecule has 1 aromatic carbocycles. The van der Waals surface area contributed by atoms with Gasteiger partial charge in [0.15, 0.2) is 0 Å². The Morgan fingerprint density at radius 2 is 2.04 bits per heavy atom. The van der Waals surface area contributed by atoms with Crippen molar-refractivity contribution in [2.24, 2.45) is 5.73 Å². The predicted octanol–water partition coefficient (Wildman–Crippen LogP) is 4.89. The summed E-state index contributed by atoms with van der Waals surface area (Å²) in [5.41, 5.74) is 10.4. The monoisotopic (exact) mass is 330 g/mol. The van der Waals surface area contributed by atoms with Crippen LogP contribution in [-0.2, 0) is 6.42 Å². The lowest BCUT2D eigenvalue weighted by atomic mass is 9.97. The zero-order chi connectivity index (χ0) is 16.6. The Labute approximate surface area is 142 Å². The van der Waals surface area contributed by atoms with Gasteiger partial charge < -0.3 is 10.3 Å². The van der Waals surface area contributed by atoms with Gasteiger partial charge in [-0.25, -0.2) is 0 Å². The maximum Gasteiger partial charge on any atom is 0.251 e. The van der Waals surface area contributed by atoms with Gasteiger partial charge in [-0.05, 0) is 38.7 Å². The topological polar surface area (TPSA) is 48.0 Å². The smallest absolute Gasteiger partial charge is 0.251 e. The van der Waals surface area contributed by atoms with Gasteiger partial charge in [0.25, 0.3) is 5.91 Å². The van der Waals surface area contributed by atoms with Crippen molar-refractivity contribution in [1.29, 1.82) is 0 Å². The number of nitrogens with zero attached hydrogens (tertiary/aromatic N) is 1. The van der Waals surface area contributed by atoms with Gasteiger partial charge >= 0.3 is 0 Å². The number of primary amides is 1. The van der Waals surface area contributed by atoms with E-state index in [2.05, 4.69) is 11.5 Å². The number of benzene rings is 1. The number of unbranched alkanes of at least 4 members (excludes halogenated alkanes) is 1. The van der Waals surface area contributed by atoms with Gasteiger partial charge in [0.2, 0.25) is 0 Å². The Morgan fingerprint density at radius 1 is 1.35 bits per heavy atom. The molecule has 0 bridgehead atoms. The first-order chi connectivity index (χ1) is 11.1. The highest BCUT2D eigenvalue weighted by molar-refractivity contribution is 6.33. The van der Waals surface area contributed by atoms with Crippen molar-refractivity contribution in [3.8, 4) is 11.1 Å². The summed E-state index contributed by atoms with van der Waals surface area (Å²) in [5.74, 6) is -0.366. The fourth-order valence-corrected chi connectivity index (χ4v) is 3.67. The van der Waals surface area contributed by atoms with Crippen LogP contribution in [-0.4, -0.2) is 10.5 Å². The molecule has 3 rings (SSSR count). The highest BCUT2D eigenvalue weighted by Gasteiger charge is 2.33. The molecule has 4 heteroatoms. The molecule has 2 aromatic rings. The number of nitrogens with two attached hydrogens (primary N) is 1. The third kappa shape index (κ3) is 2.90. The largest absolute Gasteiger partial charge is 0.366 e. The van der Waals surface area contributed by atoms with E-state index in [0.29, 0.717) is 16.6 Å². The second-order valence-electron chi connectivity index (χ2n) is 6.33. The molecule has 1 aromatic heterocycles. The van der Waals surface area contributed by atoms with Gasteiger partial charge in [0, 0.05) is 33.6 Å². The first kappa shape index (κ1) is 16.1. The molecule has 3 nitrogen and oxygen atoms in total. The molecule has 2 N–H and O–H groups in total. The van der Waals surface area contributed by atoms with E-state index in [0.717, 1.165) is 36.1 Å². The Hall–Kier alpha value is -1.74. The molecule has 0 spiro atoms. The van der Waals surface area contributed by atoms with Gasteiger partial charge in [-0.15, -0.1) is 0 Å². The maximum absolute atomic E-state index is 12.2. The summed E-state index contributed by atoms with van der Waals surface area (Å²) in [7, 11) is 0. The zero-order valence-electron chi connectivity index (χ0n) is 13.7. The van der Waals surface area contributed by atoms with E-state index in [-0.39, 0.29) is 5.91 Å². The number of carbonyl (C=O) groups is 1. The fraction of sp³-hybridized carbons (Fsp3) is 0.421. The first-order valence-corrected chi connectivity index (χ1v) is 8.72. The van der Waals surface area contributed by atoms with E-state index in [4.69, 9.17) is 17.3 Å². The average Bonchev–Trinajstić information content (AvgIpc) is 3.30. The summed E-state index contributed by atoms with van der Waals surface area (Å²) < 4.78 is 2.34. The number of carbonyl (C=O) groups excluding carboxylic acids is 1. The summed E-state index contributed by atoms with van der Waals surface area (Å²) in [6.07, 6.45) is 5.50. The van der Waals surface area contributed by atoms with Gasteiger partial charge in [0.05, 0.1) is 5.56 Å². The SMILES string of the molecule is CCCCc1c(-c2ccccc2Cl)c(C(N)=O)c(C)n1C1CC1. The minimum atomic E-state index is -0.366. The molecule has 0 radical (unpaired) electrons. The van der Waals surface area contributed by atoms with Crippen LogP contribution in [0.5, 0.6) is 0 Å². The molecule has 1 amide bonds. The fourth-order valence-electron chi connectivity index (χ4n) is 3.44. The van der Waals surface area contributed by atoms with Crippen molar-refractivity contribution in [3.05, 3.63) is 46.2 Å². The zero-order valence-corrected chi connectivity index (χ0v) is 14.5. The molecular formula is C19H23ClN2O. The van der Waals surface area contributed by atoms with Crippen molar-refractivity contribution in [2.75, 3.05) is 0 Å². The van der Waals surface area contributed by atoms with Crippen LogP contribution in [0, 0.1) is 6.92 Å². The van der Waals surface area contributed by atoms with Crippen LogP contribution in [0.2, 0.25) is 5.02 Å². The second-order valence-corrected chi connectivity index (χ2v) is 6.74. The van der Waals surface area contributed by atoms with Crippen LogP contribution >= 0.6 is 11.6 Å². The summed E-state index contributed by atoms with van der Waals surface area (Å²) >= 11 is 6.44. The quantitative estimate of drug-likeness (QED) is 0.805. The Kier molecular flexibility index (Phi) is 4.49. The van der Waals surface area contributed by atoms with E-state index in [1.165, 1.54) is 18.5 Å². The van der Waals surface area contributed by atoms with Crippen molar-refractivity contribution in [1.82, 2.24) is 4.57 Å². The molecule has 0 saturated heterocycles. The minimum absolute atomic E-state index is 0.366. The highest BCUT2D eigenvalue weighted by atomic mass is 35.5. The Balaban J connectivity index is 2.28. The molecule has 0 aliphatic heterocycles. The summed E-state index contributed by atoms with van der Waals surface area (Å²) in [6, 6.07) is 8.23. The Morgan fingerprint density at radius 3 is 2.61 bits per heavy atom. The van der Waals surface area contributed by atoms with Crippen LogP contribution in [0.1, 0.15) is 60.4 Å². The lowest BCUT2D eigenvalue weighted by Crippen LogP contribution is -2.13. The van der Waals surface area contributed by atoms with Crippen molar-refractivity contribution >= 4 is 17.5 Å². The summed E-state index contributed by atoms with van der Waals surface area (Å²) in [4.78, 5) is 12.2. The van der Waals surface area contributed by atoms with Crippen molar-refractivity contribution in [3.63, 3.8) is 0 Å². The van der Waals surface area contributed by atoms with Crippen LogP contribution < -0.4 is 5.73 Å². The van der Waals surface area contributed by atoms with Gasteiger partial charge in [-0.1, -0.05) is 43.1 Å². The van der Waals surface area contributed by atoms with Gasteiger partial charge in [-0.2, -0.15) is 0 Å². The number of aromatic nitrogens is 1. The van der Waals surface area contributed by atoms with E-state index in [9.17, 15) is 4.79 Å². The predicted molar refractivity (Wildman–Crippen MR) is 95.0 cm³/mol. The maximum atomic E-state index is 12.2. The third-order valence-electron chi connectivity index (χ3n) is 4.62. The van der Waals surface area contributed by atoms with Crippen LogP contribution in [0.25, 0.3) is 11.1 Å². The average molecular weight is 331 g/mol. The van der Waals surface area contributed by atoms with Crippen LogP contribution in [0.4, 0.5) is 0 Å². The van der Waals surface area contributed by atoms with Crippen molar-refractivity contribution in [2.45, 2.75) is 52.0 Å². The van der Waals surface area contributed by atoms with Crippen LogP contribution in [0.15, 0.2) is 24.3 Å². The molecule has 1 fully saturated rings. The molecule has 122 valence electrons. The molecular weight excluding hydrogens is 308 g/mol. The van der Waals surface area contributed by atoms with E-state index in [1.54, 1.807) is 0 Å².